The van der Waals surface area contributed by atoms with Crippen LogP contribution in [-0.4, -0.2) is 129 Å². The van der Waals surface area contributed by atoms with E-state index in [1.54, 1.807) is 20.8 Å². The number of hydrazone groups is 1. The van der Waals surface area contributed by atoms with Crippen molar-refractivity contribution in [2.45, 2.75) is 123 Å². The number of piperazine rings is 1. The van der Waals surface area contributed by atoms with Crippen molar-refractivity contribution in [2.24, 2.45) is 16.9 Å². The maximum atomic E-state index is 14.4. The highest BCUT2D eigenvalue weighted by Crippen LogP contribution is 2.55. The normalized spacial score (nSPS) is 21.8. The quantitative estimate of drug-likeness (QED) is 0.0300. The summed E-state index contributed by atoms with van der Waals surface area (Å²) in [5, 5.41) is 64.9. The Kier molecular flexibility index (Phi) is 14.8. The average Bonchev–Trinajstić information content (AvgIpc) is 3.85. The Morgan fingerprint density at radius 3 is 2.27 bits per heavy atom. The minimum absolute atomic E-state index is 0.0592. The molecule has 0 spiro atoms. The highest BCUT2D eigenvalue weighted by atomic mass is 16.7. The molecule has 1 aliphatic carbocycles. The third kappa shape index (κ3) is 9.51. The first-order chi connectivity index (χ1) is 28.3. The molecule has 1 saturated heterocycles. The largest absolute Gasteiger partial charge is 0.507 e. The highest BCUT2D eigenvalue weighted by Gasteiger charge is 2.50. The van der Waals surface area contributed by atoms with Gasteiger partial charge in [0.2, 0.25) is 0 Å². The third-order valence-electron chi connectivity index (χ3n) is 12.2. The molecule has 1 saturated carbocycles. The molecule has 0 radical (unpaired) electrons. The molecular weight excluding hydrogens is 777 g/mol. The summed E-state index contributed by atoms with van der Waals surface area (Å²) in [7, 11) is 1.44. The van der Waals surface area contributed by atoms with E-state index in [-0.39, 0.29) is 50.9 Å². The molecule has 0 unspecified atom stereocenters. The third-order valence-corrected chi connectivity index (χ3v) is 12.2. The number of nitrogens with one attached hydrogen (secondary N) is 1. The Morgan fingerprint density at radius 2 is 1.68 bits per heavy atom. The Hall–Kier alpha value is -4.90. The van der Waals surface area contributed by atoms with Crippen molar-refractivity contribution >= 4 is 40.3 Å². The van der Waals surface area contributed by atoms with Crippen LogP contribution in [0.3, 0.4) is 0 Å². The molecule has 6 N–H and O–H groups in total. The molecule has 330 valence electrons. The molecule has 5 rings (SSSR count). The fourth-order valence-electron chi connectivity index (χ4n) is 8.44. The summed E-state index contributed by atoms with van der Waals surface area (Å²) in [6.45, 7) is 17.4. The summed E-state index contributed by atoms with van der Waals surface area (Å²) in [4.78, 5) is 42.0. The lowest BCUT2D eigenvalue weighted by atomic mass is 9.84. The number of amides is 1. The number of carbonyl (C=O) groups excluding carboxylic acids is 3. The predicted molar refractivity (Wildman–Crippen MR) is 225 cm³/mol. The van der Waals surface area contributed by atoms with Crippen LogP contribution < -0.4 is 10.1 Å². The highest BCUT2D eigenvalue weighted by molar-refractivity contribution is 6.23. The number of carbonyl (C=O) groups is 3. The second kappa shape index (κ2) is 19.2. The molecule has 3 aliphatic rings. The average molecular weight is 839 g/mol. The number of aliphatic hydroxyl groups excluding tert-OH is 2. The molecule has 2 heterocycles. The lowest BCUT2D eigenvalue weighted by Crippen LogP contribution is -2.47. The molecule has 2 aromatic rings. The van der Waals surface area contributed by atoms with Gasteiger partial charge >= 0.3 is 11.8 Å². The van der Waals surface area contributed by atoms with Gasteiger partial charge < -0.3 is 49.8 Å². The first kappa shape index (κ1) is 46.2. The number of aliphatic hydroxyl groups is 2. The predicted octanol–water partition coefficient (Wildman–Crippen LogP) is 5.24. The van der Waals surface area contributed by atoms with E-state index >= 15 is 0 Å². The van der Waals surface area contributed by atoms with Gasteiger partial charge in [-0.3, -0.25) is 24.3 Å². The number of esters is 1. The number of fused-ring (bicyclic) bond motifs is 3. The standard InChI is InChI=1S/C44H62N4O12/c1-10-29(50)21-31(51)24(4)40(59-27(7)49)25(5)32(57-9)15-20-58-44(8)42(55)35-33-34(37(52)26(6)41(35)60-44)39(54)36(46-43(56)23(2)3)30(38(33)53)22-45-48-18-16-47(17-19-48)28-13-11-12-14-28/h15,20,22,24-25,28-29,31-32,40,50-54H,2,10-14,16-19,21H2,1,3-9H3,(H,46,56)/b20-15+,45-22+/t24-,25-,29+,31-,32+,40+,44+/m1/s1. The van der Waals surface area contributed by atoms with E-state index in [4.69, 9.17) is 18.9 Å². The number of hydrogen-bond donors (Lipinski definition) is 6. The molecule has 16 nitrogen and oxygen atoms in total. The number of aromatic hydroxyl groups is 3. The number of benzene rings is 2. The number of anilines is 1. The van der Waals surface area contributed by atoms with Gasteiger partial charge in [-0.1, -0.05) is 40.2 Å². The first-order valence-corrected chi connectivity index (χ1v) is 20.8. The summed E-state index contributed by atoms with van der Waals surface area (Å²) < 4.78 is 23.4. The van der Waals surface area contributed by atoms with Gasteiger partial charge in [-0.05, 0) is 45.6 Å². The summed E-state index contributed by atoms with van der Waals surface area (Å²) >= 11 is 0. The second-order valence-electron chi connectivity index (χ2n) is 16.5. The minimum Gasteiger partial charge on any atom is -0.507 e. The molecule has 2 fully saturated rings. The fourth-order valence-corrected chi connectivity index (χ4v) is 8.44. The maximum absolute atomic E-state index is 14.4. The van der Waals surface area contributed by atoms with Crippen LogP contribution in [0.1, 0.15) is 102 Å². The van der Waals surface area contributed by atoms with E-state index in [1.165, 1.54) is 79.0 Å². The number of methoxy groups -OCH3 is 1. The zero-order chi connectivity index (χ0) is 44.2. The molecule has 2 aliphatic heterocycles. The zero-order valence-corrected chi connectivity index (χ0v) is 36.0. The van der Waals surface area contributed by atoms with Crippen LogP contribution in [0.15, 0.2) is 29.6 Å². The van der Waals surface area contributed by atoms with Crippen LogP contribution in [0.4, 0.5) is 5.69 Å². The van der Waals surface area contributed by atoms with Crippen molar-refractivity contribution in [3.63, 3.8) is 0 Å². The lowest BCUT2D eigenvalue weighted by Gasteiger charge is -2.36. The smallest absolute Gasteiger partial charge is 0.312 e. The van der Waals surface area contributed by atoms with E-state index in [0.29, 0.717) is 25.6 Å². The Labute approximate surface area is 351 Å². The first-order valence-electron chi connectivity index (χ1n) is 20.8. The number of phenols is 3. The number of Topliss-reactive ketones (excluding diaryl/α,β-unsaturated/α-hetero) is 1. The topological polar surface area (TPSA) is 220 Å². The van der Waals surface area contributed by atoms with E-state index in [9.17, 15) is 39.9 Å². The van der Waals surface area contributed by atoms with Crippen LogP contribution in [-0.2, 0) is 23.8 Å². The number of ether oxygens (including phenoxy) is 4. The van der Waals surface area contributed by atoms with E-state index in [2.05, 4.69) is 21.9 Å². The number of hydrogen-bond acceptors (Lipinski definition) is 15. The van der Waals surface area contributed by atoms with E-state index < -0.39 is 76.9 Å². The minimum atomic E-state index is -2.04. The van der Waals surface area contributed by atoms with E-state index in [0.717, 1.165) is 13.1 Å². The Bertz CT molecular complexity index is 2000. The molecule has 60 heavy (non-hydrogen) atoms. The van der Waals surface area contributed by atoms with Crippen molar-refractivity contribution in [1.29, 1.82) is 0 Å². The van der Waals surface area contributed by atoms with Gasteiger partial charge in [-0.15, -0.1) is 0 Å². The molecule has 16 heteroatoms. The number of ketones is 1. The second-order valence-corrected chi connectivity index (χ2v) is 16.5. The van der Waals surface area contributed by atoms with Gasteiger partial charge in [-0.25, -0.2) is 0 Å². The molecule has 0 aromatic heterocycles. The summed E-state index contributed by atoms with van der Waals surface area (Å²) in [6.07, 6.45) is 6.04. The van der Waals surface area contributed by atoms with Crippen LogP contribution in [0.2, 0.25) is 0 Å². The van der Waals surface area contributed by atoms with Gasteiger partial charge in [0.1, 0.15) is 23.4 Å². The number of rotatable bonds is 17. The summed E-state index contributed by atoms with van der Waals surface area (Å²) in [6, 6.07) is 0.565. The Morgan fingerprint density at radius 1 is 1.03 bits per heavy atom. The zero-order valence-electron chi connectivity index (χ0n) is 36.0. The van der Waals surface area contributed by atoms with Crippen molar-refractivity contribution in [3.05, 3.63) is 41.2 Å². The summed E-state index contributed by atoms with van der Waals surface area (Å²) in [5.41, 5.74) is -0.346. The molecule has 0 bridgehead atoms. The van der Waals surface area contributed by atoms with Crippen LogP contribution >= 0.6 is 0 Å². The van der Waals surface area contributed by atoms with Crippen molar-refractivity contribution in [3.8, 4) is 23.0 Å². The van der Waals surface area contributed by atoms with Crippen molar-refractivity contribution in [2.75, 3.05) is 38.6 Å². The molecule has 1 amide bonds. The van der Waals surface area contributed by atoms with Gasteiger partial charge in [0.25, 0.3) is 11.7 Å². The van der Waals surface area contributed by atoms with Gasteiger partial charge in [0, 0.05) is 81.5 Å². The molecule has 7 atom stereocenters. The number of phenolic OH excluding ortho intramolecular Hbond substituents is 3. The molecule has 2 aromatic carbocycles. The number of nitrogens with zero attached hydrogens (tertiary/aromatic N) is 3. The fraction of sp³-hybridized carbons (Fsp3) is 0.591. The van der Waals surface area contributed by atoms with Crippen molar-refractivity contribution < 1.29 is 58.9 Å². The molecular formula is C44H62N4O12. The SMILES string of the molecule is C=C(C)C(=O)Nc1c(/C=N/N2CCN(C3CCCC3)CC2)c(O)c2c3c(c(C)c(O)c2c1O)O[C@](C)(O/C=C/[C@H](OC)[C@@H](C)[C@@H](OC(C)=O)[C@H](C)[C@H](O)C[C@@H](O)CC)C3=O. The summed E-state index contributed by atoms with van der Waals surface area (Å²) in [5.74, 6) is -6.91. The van der Waals surface area contributed by atoms with Crippen molar-refractivity contribution in [1.82, 2.24) is 9.91 Å². The Balaban J connectivity index is 1.48. The van der Waals surface area contributed by atoms with Crippen LogP contribution in [0.25, 0.3) is 10.8 Å². The van der Waals surface area contributed by atoms with Gasteiger partial charge in [0.05, 0.1) is 53.0 Å². The lowest BCUT2D eigenvalue weighted by molar-refractivity contribution is -0.158. The monoisotopic (exact) mass is 838 g/mol. The van der Waals surface area contributed by atoms with E-state index in [1.807, 2.05) is 5.01 Å². The van der Waals surface area contributed by atoms with Crippen LogP contribution in [0, 0.1) is 18.8 Å². The van der Waals surface area contributed by atoms with Crippen LogP contribution in [0.5, 0.6) is 23.0 Å². The van der Waals surface area contributed by atoms with Gasteiger partial charge in [-0.2, -0.15) is 5.10 Å². The van der Waals surface area contributed by atoms with Gasteiger partial charge in [0.15, 0.2) is 5.75 Å². The maximum Gasteiger partial charge on any atom is 0.312 e.